The molecule has 1 heterocycles. The Labute approximate surface area is 87.9 Å². The first kappa shape index (κ1) is 11.4. The van der Waals surface area contributed by atoms with Gasteiger partial charge < -0.3 is 0 Å². The Morgan fingerprint density at radius 3 is 2.77 bits per heavy atom. The predicted octanol–water partition coefficient (Wildman–Crippen LogP) is 4.63. The minimum atomic E-state index is 1.01. The van der Waals surface area contributed by atoms with Crippen LogP contribution in [-0.4, -0.2) is 11.0 Å². The quantitative estimate of drug-likeness (QED) is 0.596. The largest absolute Gasteiger partial charge is 0.159 e. The Morgan fingerprint density at radius 1 is 1.08 bits per heavy atom. The van der Waals surface area contributed by atoms with Crippen molar-refractivity contribution in [1.29, 1.82) is 0 Å². The molecule has 0 radical (unpaired) electrons. The third-order valence-corrected chi connectivity index (χ3v) is 4.37. The fourth-order valence-electron chi connectivity index (χ4n) is 2.01. The maximum atomic E-state index is 2.30. The highest BCUT2D eigenvalue weighted by atomic mass is 32.2. The average molecular weight is 200 g/mol. The van der Waals surface area contributed by atoms with E-state index in [1.807, 2.05) is 0 Å². The Balaban J connectivity index is 2.06. The van der Waals surface area contributed by atoms with Crippen LogP contribution in [0.5, 0.6) is 0 Å². The molecular formula is C12H24S. The van der Waals surface area contributed by atoms with Crippen molar-refractivity contribution in [3.05, 3.63) is 0 Å². The van der Waals surface area contributed by atoms with Crippen LogP contribution in [-0.2, 0) is 0 Å². The number of hydrogen-bond donors (Lipinski definition) is 0. The summed E-state index contributed by atoms with van der Waals surface area (Å²) < 4.78 is 0. The van der Waals surface area contributed by atoms with Crippen LogP contribution < -0.4 is 0 Å². The summed E-state index contributed by atoms with van der Waals surface area (Å²) in [6.07, 6.45) is 13.2. The number of unbranched alkanes of at least 4 members (excludes halogenated alkanes) is 2. The van der Waals surface area contributed by atoms with Crippen LogP contribution in [0.2, 0.25) is 0 Å². The van der Waals surface area contributed by atoms with Gasteiger partial charge in [-0.25, -0.2) is 0 Å². The molecule has 1 aliphatic rings. The number of thioether (sulfide) groups is 1. The standard InChI is InChI=1S/C12H24S/c1-2-3-6-9-12-10-7-4-5-8-11-13-12/h12H,2-11H2,1H3. The van der Waals surface area contributed by atoms with E-state index in [0.29, 0.717) is 0 Å². The Kier molecular flexibility index (Phi) is 6.79. The van der Waals surface area contributed by atoms with Crippen molar-refractivity contribution in [2.75, 3.05) is 5.75 Å². The van der Waals surface area contributed by atoms with E-state index in [2.05, 4.69) is 18.7 Å². The Hall–Kier alpha value is 0.350. The van der Waals surface area contributed by atoms with Gasteiger partial charge in [-0.3, -0.25) is 0 Å². The zero-order valence-electron chi connectivity index (χ0n) is 9.06. The van der Waals surface area contributed by atoms with Gasteiger partial charge >= 0.3 is 0 Å². The molecule has 1 aliphatic heterocycles. The van der Waals surface area contributed by atoms with Crippen molar-refractivity contribution in [1.82, 2.24) is 0 Å². The van der Waals surface area contributed by atoms with Gasteiger partial charge in [0.2, 0.25) is 0 Å². The lowest BCUT2D eigenvalue weighted by molar-refractivity contribution is 0.564. The van der Waals surface area contributed by atoms with Gasteiger partial charge in [0.15, 0.2) is 0 Å². The lowest BCUT2D eigenvalue weighted by Gasteiger charge is -2.18. The molecule has 1 unspecified atom stereocenters. The molecule has 0 spiro atoms. The van der Waals surface area contributed by atoms with Crippen LogP contribution in [0.25, 0.3) is 0 Å². The summed E-state index contributed by atoms with van der Waals surface area (Å²) in [6.45, 7) is 2.30. The molecule has 1 atom stereocenters. The first-order chi connectivity index (χ1) is 6.43. The van der Waals surface area contributed by atoms with Gasteiger partial charge in [0.1, 0.15) is 0 Å². The van der Waals surface area contributed by atoms with Crippen LogP contribution >= 0.6 is 11.8 Å². The van der Waals surface area contributed by atoms with Crippen molar-refractivity contribution in [3.63, 3.8) is 0 Å². The van der Waals surface area contributed by atoms with Crippen molar-refractivity contribution in [2.45, 2.75) is 70.0 Å². The molecule has 1 saturated heterocycles. The highest BCUT2D eigenvalue weighted by Gasteiger charge is 2.10. The summed E-state index contributed by atoms with van der Waals surface area (Å²) in [5.74, 6) is 1.43. The van der Waals surface area contributed by atoms with Crippen LogP contribution in [0.15, 0.2) is 0 Å². The molecule has 0 amide bonds. The topological polar surface area (TPSA) is 0 Å². The fourth-order valence-corrected chi connectivity index (χ4v) is 3.38. The average Bonchev–Trinajstić information content (AvgIpc) is 2.08. The van der Waals surface area contributed by atoms with Crippen molar-refractivity contribution in [3.8, 4) is 0 Å². The smallest absolute Gasteiger partial charge is 0.00470 e. The SMILES string of the molecule is CCCCCC1CCCCCCS1. The van der Waals surface area contributed by atoms with Crippen LogP contribution in [0, 0.1) is 0 Å². The molecule has 0 nitrogen and oxygen atoms in total. The van der Waals surface area contributed by atoms with Crippen LogP contribution in [0.3, 0.4) is 0 Å². The third-order valence-electron chi connectivity index (χ3n) is 2.90. The Bertz CT molecular complexity index is 104. The maximum Gasteiger partial charge on any atom is 0.00470 e. The van der Waals surface area contributed by atoms with Gasteiger partial charge in [-0.1, -0.05) is 45.4 Å². The molecule has 13 heavy (non-hydrogen) atoms. The van der Waals surface area contributed by atoms with E-state index in [1.165, 1.54) is 63.5 Å². The monoisotopic (exact) mass is 200 g/mol. The van der Waals surface area contributed by atoms with E-state index < -0.39 is 0 Å². The lowest BCUT2D eigenvalue weighted by Crippen LogP contribution is -2.06. The molecule has 0 saturated carbocycles. The summed E-state index contributed by atoms with van der Waals surface area (Å²) >= 11 is 2.25. The van der Waals surface area contributed by atoms with E-state index in [4.69, 9.17) is 0 Å². The van der Waals surface area contributed by atoms with Crippen LogP contribution in [0.4, 0.5) is 0 Å². The zero-order chi connectivity index (χ0) is 9.36. The molecule has 78 valence electrons. The number of rotatable bonds is 4. The van der Waals surface area contributed by atoms with Crippen molar-refractivity contribution in [2.24, 2.45) is 0 Å². The van der Waals surface area contributed by atoms with Crippen molar-refractivity contribution < 1.29 is 0 Å². The lowest BCUT2D eigenvalue weighted by atomic mass is 10.1. The minimum Gasteiger partial charge on any atom is -0.159 e. The molecule has 0 N–H and O–H groups in total. The van der Waals surface area contributed by atoms with Gasteiger partial charge in [0.25, 0.3) is 0 Å². The molecule has 0 aromatic carbocycles. The van der Waals surface area contributed by atoms with E-state index in [0.717, 1.165) is 5.25 Å². The van der Waals surface area contributed by atoms with Gasteiger partial charge in [0.05, 0.1) is 0 Å². The zero-order valence-corrected chi connectivity index (χ0v) is 9.87. The first-order valence-corrected chi connectivity index (χ1v) is 7.10. The molecule has 0 aromatic heterocycles. The van der Waals surface area contributed by atoms with E-state index in [1.54, 1.807) is 0 Å². The summed E-state index contributed by atoms with van der Waals surface area (Å²) in [4.78, 5) is 0. The molecular weight excluding hydrogens is 176 g/mol. The minimum absolute atomic E-state index is 1.01. The fraction of sp³-hybridized carbons (Fsp3) is 1.00. The maximum absolute atomic E-state index is 2.30. The Morgan fingerprint density at radius 2 is 1.92 bits per heavy atom. The third kappa shape index (κ3) is 5.61. The molecule has 1 rings (SSSR count). The van der Waals surface area contributed by atoms with Gasteiger partial charge in [-0.05, 0) is 25.0 Å². The van der Waals surface area contributed by atoms with Gasteiger partial charge in [-0.15, -0.1) is 0 Å². The number of hydrogen-bond acceptors (Lipinski definition) is 1. The first-order valence-electron chi connectivity index (χ1n) is 6.05. The molecule has 0 bridgehead atoms. The summed E-state index contributed by atoms with van der Waals surface area (Å²) in [6, 6.07) is 0. The summed E-state index contributed by atoms with van der Waals surface area (Å²) in [5, 5.41) is 1.01. The second-order valence-electron chi connectivity index (χ2n) is 4.19. The summed E-state index contributed by atoms with van der Waals surface area (Å²) in [5.41, 5.74) is 0. The highest BCUT2D eigenvalue weighted by molar-refractivity contribution is 7.99. The second kappa shape index (κ2) is 7.73. The second-order valence-corrected chi connectivity index (χ2v) is 5.60. The predicted molar refractivity (Wildman–Crippen MR) is 63.5 cm³/mol. The summed E-state index contributed by atoms with van der Waals surface area (Å²) in [7, 11) is 0. The normalized spacial score (nSPS) is 25.2. The van der Waals surface area contributed by atoms with E-state index in [9.17, 15) is 0 Å². The molecule has 0 aliphatic carbocycles. The van der Waals surface area contributed by atoms with E-state index in [-0.39, 0.29) is 0 Å². The molecule has 1 fully saturated rings. The van der Waals surface area contributed by atoms with E-state index >= 15 is 0 Å². The van der Waals surface area contributed by atoms with Crippen LogP contribution in [0.1, 0.15) is 64.7 Å². The molecule has 0 aromatic rings. The van der Waals surface area contributed by atoms with Crippen molar-refractivity contribution >= 4 is 11.8 Å². The highest BCUT2D eigenvalue weighted by Crippen LogP contribution is 2.27. The molecule has 1 heteroatoms. The van der Waals surface area contributed by atoms with Gasteiger partial charge in [-0.2, -0.15) is 11.8 Å². The van der Waals surface area contributed by atoms with Gasteiger partial charge in [0, 0.05) is 5.25 Å².